The second-order valence-corrected chi connectivity index (χ2v) is 9.10. The van der Waals surface area contributed by atoms with Crippen LogP contribution in [0.15, 0.2) is 41.3 Å². The van der Waals surface area contributed by atoms with Crippen LogP contribution in [0.5, 0.6) is 0 Å². The summed E-state index contributed by atoms with van der Waals surface area (Å²) in [5, 5.41) is 0. The van der Waals surface area contributed by atoms with Crippen molar-refractivity contribution in [2.24, 2.45) is 5.41 Å². The maximum absolute atomic E-state index is 2.45. The highest BCUT2D eigenvalue weighted by molar-refractivity contribution is 7.98. The minimum Gasteiger partial charge on any atom is -0.121 e. The Morgan fingerprint density at radius 3 is 2.48 bits per heavy atom. The van der Waals surface area contributed by atoms with Gasteiger partial charge in [-0.2, -0.15) is 0 Å². The van der Waals surface area contributed by atoms with Crippen molar-refractivity contribution in [1.82, 2.24) is 0 Å². The average Bonchev–Trinajstić information content (AvgIpc) is 2.71. The van der Waals surface area contributed by atoms with Gasteiger partial charge in [-0.05, 0) is 58.9 Å². The summed E-state index contributed by atoms with van der Waals surface area (Å²) < 4.78 is 0. The van der Waals surface area contributed by atoms with Crippen LogP contribution in [0, 0.1) is 5.41 Å². The maximum atomic E-state index is 2.45. The fourth-order valence-corrected chi connectivity index (χ4v) is 5.73. The first-order chi connectivity index (χ1) is 11.1. The lowest BCUT2D eigenvalue weighted by molar-refractivity contribution is 0.354. The first-order valence-electron chi connectivity index (χ1n) is 8.91. The molecule has 0 radical (unpaired) electrons. The molecule has 1 unspecified atom stereocenters. The highest BCUT2D eigenvalue weighted by atomic mass is 32.2. The summed E-state index contributed by atoms with van der Waals surface area (Å²) in [7, 11) is 0. The lowest BCUT2D eigenvalue weighted by Crippen LogP contribution is -2.21. The largest absolute Gasteiger partial charge is 0.121 e. The minimum atomic E-state index is 0.235. The van der Waals surface area contributed by atoms with Gasteiger partial charge in [-0.3, -0.25) is 0 Å². The standard InChI is InChI=1S/C22H26S/c1-22(2,3)20-17-10-6-5-9-16(17)14-23-21-18-11-7-4-8-15(18)12-13-19(20)21/h5-6,9-10,12-13,20H,4,7-8,11,14H2,1-3H3. The molecule has 1 aliphatic heterocycles. The Kier molecular flexibility index (Phi) is 3.80. The van der Waals surface area contributed by atoms with Crippen LogP contribution < -0.4 is 0 Å². The fraction of sp³-hybridized carbons (Fsp3) is 0.455. The van der Waals surface area contributed by atoms with E-state index in [1.165, 1.54) is 31.2 Å². The molecule has 2 aromatic carbocycles. The zero-order valence-electron chi connectivity index (χ0n) is 14.5. The summed E-state index contributed by atoms with van der Waals surface area (Å²) in [5.41, 5.74) is 8.16. The molecule has 0 fully saturated rings. The van der Waals surface area contributed by atoms with Crippen molar-refractivity contribution >= 4 is 11.8 Å². The average molecular weight is 323 g/mol. The zero-order valence-corrected chi connectivity index (χ0v) is 15.3. The van der Waals surface area contributed by atoms with Crippen LogP contribution in [-0.4, -0.2) is 0 Å². The highest BCUT2D eigenvalue weighted by Gasteiger charge is 2.34. The predicted molar refractivity (Wildman–Crippen MR) is 100 cm³/mol. The molecule has 4 rings (SSSR count). The molecule has 1 heteroatoms. The van der Waals surface area contributed by atoms with E-state index in [2.05, 4.69) is 68.9 Å². The number of fused-ring (bicyclic) bond motifs is 4. The van der Waals surface area contributed by atoms with Crippen LogP contribution in [0.2, 0.25) is 0 Å². The van der Waals surface area contributed by atoms with Crippen molar-refractivity contribution in [1.29, 1.82) is 0 Å². The Bertz CT molecular complexity index is 736. The highest BCUT2D eigenvalue weighted by Crippen LogP contribution is 2.50. The van der Waals surface area contributed by atoms with E-state index < -0.39 is 0 Å². The van der Waals surface area contributed by atoms with Crippen molar-refractivity contribution in [3.63, 3.8) is 0 Å². The zero-order chi connectivity index (χ0) is 16.0. The predicted octanol–water partition coefficient (Wildman–Crippen LogP) is 6.35. The lowest BCUT2D eigenvalue weighted by atomic mass is 9.70. The molecule has 0 nitrogen and oxygen atoms in total. The fourth-order valence-electron chi connectivity index (χ4n) is 4.41. The molecule has 0 N–H and O–H groups in total. The van der Waals surface area contributed by atoms with E-state index >= 15 is 0 Å². The molecule has 0 bridgehead atoms. The van der Waals surface area contributed by atoms with Gasteiger partial charge in [0.05, 0.1) is 0 Å². The Balaban J connectivity index is 1.96. The van der Waals surface area contributed by atoms with Crippen molar-refractivity contribution < 1.29 is 0 Å². The molecular weight excluding hydrogens is 296 g/mol. The Morgan fingerprint density at radius 1 is 0.870 bits per heavy atom. The SMILES string of the molecule is CC(C)(C)C1c2ccccc2CSc2c1ccc1c2CCCC1. The third-order valence-corrected chi connectivity index (χ3v) is 6.65. The molecule has 2 aliphatic rings. The molecule has 1 heterocycles. The summed E-state index contributed by atoms with van der Waals surface area (Å²) in [6.07, 6.45) is 5.27. The molecule has 2 aromatic rings. The quantitative estimate of drug-likeness (QED) is 0.544. The van der Waals surface area contributed by atoms with Gasteiger partial charge in [0.2, 0.25) is 0 Å². The monoisotopic (exact) mass is 322 g/mol. The van der Waals surface area contributed by atoms with Gasteiger partial charge >= 0.3 is 0 Å². The molecule has 0 amide bonds. The first-order valence-corrected chi connectivity index (χ1v) is 9.89. The maximum Gasteiger partial charge on any atom is 0.0235 e. The van der Waals surface area contributed by atoms with Gasteiger partial charge in [-0.25, -0.2) is 0 Å². The van der Waals surface area contributed by atoms with Crippen molar-refractivity contribution in [3.05, 3.63) is 64.2 Å². The van der Waals surface area contributed by atoms with Crippen LogP contribution in [0.4, 0.5) is 0 Å². The van der Waals surface area contributed by atoms with Crippen molar-refractivity contribution in [2.75, 3.05) is 0 Å². The third kappa shape index (κ3) is 2.63. The molecule has 120 valence electrons. The summed E-state index contributed by atoms with van der Waals surface area (Å²) in [4.78, 5) is 1.61. The van der Waals surface area contributed by atoms with Gasteiger partial charge in [0.25, 0.3) is 0 Å². The number of rotatable bonds is 0. The van der Waals surface area contributed by atoms with Gasteiger partial charge in [0, 0.05) is 16.6 Å². The van der Waals surface area contributed by atoms with Gasteiger partial charge < -0.3 is 0 Å². The van der Waals surface area contributed by atoms with Crippen LogP contribution >= 0.6 is 11.8 Å². The molecule has 23 heavy (non-hydrogen) atoms. The van der Waals surface area contributed by atoms with Crippen molar-refractivity contribution in [2.45, 2.75) is 63.0 Å². The Labute approximate surface area is 144 Å². The summed E-state index contributed by atoms with van der Waals surface area (Å²) in [6, 6.07) is 14.0. The van der Waals surface area contributed by atoms with E-state index in [9.17, 15) is 0 Å². The van der Waals surface area contributed by atoms with Gasteiger partial charge in [0.15, 0.2) is 0 Å². The Hall–Kier alpha value is -1.21. The third-order valence-electron chi connectivity index (χ3n) is 5.43. The number of aryl methyl sites for hydroxylation is 1. The number of thioether (sulfide) groups is 1. The second kappa shape index (κ2) is 5.70. The number of benzene rings is 2. The van der Waals surface area contributed by atoms with Gasteiger partial charge in [-0.1, -0.05) is 57.2 Å². The van der Waals surface area contributed by atoms with E-state index in [0.29, 0.717) is 5.92 Å². The van der Waals surface area contributed by atoms with E-state index in [1.54, 1.807) is 27.1 Å². The minimum absolute atomic E-state index is 0.235. The molecule has 0 aromatic heterocycles. The smallest absolute Gasteiger partial charge is 0.0235 e. The first kappa shape index (κ1) is 15.3. The van der Waals surface area contributed by atoms with E-state index in [1.807, 2.05) is 0 Å². The van der Waals surface area contributed by atoms with E-state index in [-0.39, 0.29) is 5.41 Å². The molecule has 0 spiro atoms. The number of hydrogen-bond donors (Lipinski definition) is 0. The summed E-state index contributed by atoms with van der Waals surface area (Å²) >= 11 is 2.09. The summed E-state index contributed by atoms with van der Waals surface area (Å²) in [6.45, 7) is 7.19. The lowest BCUT2D eigenvalue weighted by Gasteiger charge is -2.34. The number of hydrogen-bond acceptors (Lipinski definition) is 1. The molecule has 0 saturated heterocycles. The topological polar surface area (TPSA) is 0 Å². The normalized spacial score (nSPS) is 20.2. The van der Waals surface area contributed by atoms with Crippen LogP contribution in [0.1, 0.15) is 67.3 Å². The van der Waals surface area contributed by atoms with Crippen LogP contribution in [0.3, 0.4) is 0 Å². The van der Waals surface area contributed by atoms with Crippen LogP contribution in [-0.2, 0) is 18.6 Å². The summed E-state index contributed by atoms with van der Waals surface area (Å²) in [5.74, 6) is 1.61. The van der Waals surface area contributed by atoms with E-state index in [0.717, 1.165) is 5.75 Å². The second-order valence-electron chi connectivity index (χ2n) is 8.12. The molecule has 1 atom stereocenters. The van der Waals surface area contributed by atoms with E-state index in [4.69, 9.17) is 0 Å². The molecule has 1 aliphatic carbocycles. The van der Waals surface area contributed by atoms with Crippen molar-refractivity contribution in [3.8, 4) is 0 Å². The molecule has 0 saturated carbocycles. The Morgan fingerprint density at radius 2 is 1.65 bits per heavy atom. The van der Waals surface area contributed by atoms with Gasteiger partial charge in [-0.15, -0.1) is 11.8 Å². The molecular formula is C22H26S. The van der Waals surface area contributed by atoms with Gasteiger partial charge in [0.1, 0.15) is 0 Å². The van der Waals surface area contributed by atoms with Crippen LogP contribution in [0.25, 0.3) is 0 Å².